The van der Waals surface area contributed by atoms with E-state index in [1.807, 2.05) is 0 Å². The summed E-state index contributed by atoms with van der Waals surface area (Å²) in [7, 11) is 0. The molecular weight excluding hydrogens is 298 g/mol. The van der Waals surface area contributed by atoms with Gasteiger partial charge in [-0.05, 0) is 44.9 Å². The Morgan fingerprint density at radius 2 is 1.91 bits per heavy atom. The van der Waals surface area contributed by atoms with Gasteiger partial charge in [0.15, 0.2) is 5.82 Å². The number of nitrogens with zero attached hydrogens (tertiary/aromatic N) is 2. The first kappa shape index (κ1) is 16.0. The molecule has 7 nitrogen and oxygen atoms in total. The van der Waals surface area contributed by atoms with Crippen molar-refractivity contribution in [1.29, 1.82) is 0 Å². The van der Waals surface area contributed by atoms with Crippen molar-refractivity contribution in [2.75, 3.05) is 0 Å². The average Bonchev–Trinajstić information content (AvgIpc) is 3.27. The number of carbonyl (C=O) groups is 2. The Balaban J connectivity index is 1.32. The van der Waals surface area contributed by atoms with Crippen LogP contribution in [0.3, 0.4) is 0 Å². The van der Waals surface area contributed by atoms with Crippen LogP contribution in [-0.4, -0.2) is 33.2 Å². The first-order valence-electron chi connectivity index (χ1n) is 8.46. The number of aliphatic carboxylic acids is 1. The van der Waals surface area contributed by atoms with Gasteiger partial charge in [-0.1, -0.05) is 5.16 Å². The van der Waals surface area contributed by atoms with Gasteiger partial charge in [-0.15, -0.1) is 0 Å². The van der Waals surface area contributed by atoms with Gasteiger partial charge in [-0.25, -0.2) is 0 Å². The molecule has 2 N–H and O–H groups in total. The predicted molar refractivity (Wildman–Crippen MR) is 80.7 cm³/mol. The van der Waals surface area contributed by atoms with Crippen LogP contribution in [0.25, 0.3) is 0 Å². The van der Waals surface area contributed by atoms with Crippen molar-refractivity contribution in [2.24, 2.45) is 5.92 Å². The van der Waals surface area contributed by atoms with E-state index < -0.39 is 5.97 Å². The minimum absolute atomic E-state index is 0.0192. The predicted octanol–water partition coefficient (Wildman–Crippen LogP) is 2.03. The molecule has 1 aromatic rings. The van der Waals surface area contributed by atoms with Crippen LogP contribution in [0.2, 0.25) is 0 Å². The highest BCUT2D eigenvalue weighted by atomic mass is 16.5. The van der Waals surface area contributed by atoms with Gasteiger partial charge in [0.1, 0.15) is 0 Å². The van der Waals surface area contributed by atoms with Gasteiger partial charge in [-0.3, -0.25) is 9.59 Å². The summed E-state index contributed by atoms with van der Waals surface area (Å²) >= 11 is 0. The van der Waals surface area contributed by atoms with Crippen LogP contribution in [0.5, 0.6) is 0 Å². The Hall–Kier alpha value is -1.92. The zero-order valence-electron chi connectivity index (χ0n) is 13.2. The summed E-state index contributed by atoms with van der Waals surface area (Å²) in [5.41, 5.74) is 0. The third-order valence-electron chi connectivity index (χ3n) is 4.66. The Morgan fingerprint density at radius 3 is 2.57 bits per heavy atom. The fourth-order valence-corrected chi connectivity index (χ4v) is 3.06. The molecule has 23 heavy (non-hydrogen) atoms. The number of aryl methyl sites for hydroxylation is 1. The number of hydrogen-bond acceptors (Lipinski definition) is 5. The van der Waals surface area contributed by atoms with Crippen molar-refractivity contribution in [3.63, 3.8) is 0 Å². The van der Waals surface area contributed by atoms with Crippen LogP contribution >= 0.6 is 0 Å². The standard InChI is InChI=1S/C16H23N3O4/c20-13(17-12-8-6-11(7-9-12)16(21)22)2-1-3-14-18-15(19-23-14)10-4-5-10/h10-12H,1-9H2,(H,17,20)(H,21,22). The maximum atomic E-state index is 11.9. The minimum atomic E-state index is -0.722. The second kappa shape index (κ2) is 7.10. The number of nitrogens with one attached hydrogen (secondary N) is 1. The van der Waals surface area contributed by atoms with Crippen LogP contribution in [0.15, 0.2) is 4.52 Å². The van der Waals surface area contributed by atoms with Crippen molar-refractivity contribution in [1.82, 2.24) is 15.5 Å². The maximum absolute atomic E-state index is 11.9. The third-order valence-corrected chi connectivity index (χ3v) is 4.66. The molecule has 3 rings (SSSR count). The number of rotatable bonds is 7. The van der Waals surface area contributed by atoms with Crippen molar-refractivity contribution >= 4 is 11.9 Å². The lowest BCUT2D eigenvalue weighted by atomic mass is 9.86. The second-order valence-electron chi connectivity index (χ2n) is 6.63. The Bertz CT molecular complexity index is 559. The molecule has 0 aliphatic heterocycles. The fraction of sp³-hybridized carbons (Fsp3) is 0.750. The van der Waals surface area contributed by atoms with E-state index in [-0.39, 0.29) is 17.9 Å². The van der Waals surface area contributed by atoms with E-state index >= 15 is 0 Å². The molecule has 0 bridgehead atoms. The molecule has 1 amide bonds. The van der Waals surface area contributed by atoms with Gasteiger partial charge in [0.25, 0.3) is 0 Å². The molecule has 0 aromatic carbocycles. The molecule has 2 aliphatic carbocycles. The van der Waals surface area contributed by atoms with E-state index in [4.69, 9.17) is 9.63 Å². The molecule has 7 heteroatoms. The Morgan fingerprint density at radius 1 is 1.17 bits per heavy atom. The lowest BCUT2D eigenvalue weighted by molar-refractivity contribution is -0.142. The van der Waals surface area contributed by atoms with E-state index in [9.17, 15) is 9.59 Å². The summed E-state index contributed by atoms with van der Waals surface area (Å²) in [6.45, 7) is 0. The molecule has 2 saturated carbocycles. The van der Waals surface area contributed by atoms with Crippen molar-refractivity contribution < 1.29 is 19.2 Å². The molecule has 0 spiro atoms. The minimum Gasteiger partial charge on any atom is -0.481 e. The Labute approximate surface area is 134 Å². The SMILES string of the molecule is O=C(CCCc1nc(C2CC2)no1)NC1CCC(C(=O)O)CC1. The van der Waals surface area contributed by atoms with Crippen molar-refractivity contribution in [2.45, 2.75) is 69.7 Å². The highest BCUT2D eigenvalue weighted by Crippen LogP contribution is 2.38. The number of carboxylic acids is 1. The van der Waals surface area contributed by atoms with Crippen LogP contribution < -0.4 is 5.32 Å². The van der Waals surface area contributed by atoms with Crippen LogP contribution in [0.1, 0.15) is 69.0 Å². The second-order valence-corrected chi connectivity index (χ2v) is 6.63. The molecule has 2 fully saturated rings. The summed E-state index contributed by atoms with van der Waals surface area (Å²) < 4.78 is 5.18. The molecule has 1 aromatic heterocycles. The maximum Gasteiger partial charge on any atom is 0.306 e. The van der Waals surface area contributed by atoms with E-state index in [0.29, 0.717) is 43.9 Å². The number of carboxylic acid groups (broad SMARTS) is 1. The van der Waals surface area contributed by atoms with E-state index in [0.717, 1.165) is 31.5 Å². The van der Waals surface area contributed by atoms with E-state index in [1.165, 1.54) is 0 Å². The van der Waals surface area contributed by atoms with Crippen LogP contribution in [0, 0.1) is 5.92 Å². The first-order chi connectivity index (χ1) is 11.1. The van der Waals surface area contributed by atoms with Crippen LogP contribution in [0.4, 0.5) is 0 Å². The highest BCUT2D eigenvalue weighted by Gasteiger charge is 2.29. The summed E-state index contributed by atoms with van der Waals surface area (Å²) in [4.78, 5) is 27.2. The van der Waals surface area contributed by atoms with Gasteiger partial charge in [0, 0.05) is 24.8 Å². The molecule has 1 heterocycles. The molecule has 0 saturated heterocycles. The van der Waals surface area contributed by atoms with E-state index in [1.54, 1.807) is 0 Å². The summed E-state index contributed by atoms with van der Waals surface area (Å²) in [6, 6.07) is 0.114. The average molecular weight is 321 g/mol. The van der Waals surface area contributed by atoms with Gasteiger partial charge >= 0.3 is 5.97 Å². The van der Waals surface area contributed by atoms with Gasteiger partial charge < -0.3 is 14.9 Å². The van der Waals surface area contributed by atoms with Crippen molar-refractivity contribution in [3.05, 3.63) is 11.7 Å². The zero-order chi connectivity index (χ0) is 16.2. The normalized spacial score (nSPS) is 24.3. The smallest absolute Gasteiger partial charge is 0.306 e. The first-order valence-corrected chi connectivity index (χ1v) is 8.46. The quantitative estimate of drug-likeness (QED) is 0.796. The molecule has 126 valence electrons. The summed E-state index contributed by atoms with van der Waals surface area (Å²) in [5, 5.41) is 15.9. The van der Waals surface area contributed by atoms with E-state index in [2.05, 4.69) is 15.5 Å². The third kappa shape index (κ3) is 4.53. The highest BCUT2D eigenvalue weighted by molar-refractivity contribution is 5.76. The summed E-state index contributed by atoms with van der Waals surface area (Å²) in [6.07, 6.45) is 6.81. The number of aromatic nitrogens is 2. The monoisotopic (exact) mass is 321 g/mol. The van der Waals surface area contributed by atoms with Crippen molar-refractivity contribution in [3.8, 4) is 0 Å². The lowest BCUT2D eigenvalue weighted by Crippen LogP contribution is -2.38. The number of hydrogen-bond donors (Lipinski definition) is 2. The molecular formula is C16H23N3O4. The number of carbonyl (C=O) groups excluding carboxylic acids is 1. The Kier molecular flexibility index (Phi) is 4.93. The molecule has 2 aliphatic rings. The van der Waals surface area contributed by atoms with Gasteiger partial charge in [-0.2, -0.15) is 4.98 Å². The molecule has 0 unspecified atom stereocenters. The largest absolute Gasteiger partial charge is 0.481 e. The number of amides is 1. The van der Waals surface area contributed by atoms with Crippen LogP contribution in [-0.2, 0) is 16.0 Å². The lowest BCUT2D eigenvalue weighted by Gasteiger charge is -2.26. The zero-order valence-corrected chi connectivity index (χ0v) is 13.2. The van der Waals surface area contributed by atoms with Gasteiger partial charge in [0.2, 0.25) is 11.8 Å². The molecule has 0 atom stereocenters. The topological polar surface area (TPSA) is 105 Å². The molecule has 0 radical (unpaired) electrons. The fourth-order valence-electron chi connectivity index (χ4n) is 3.06. The van der Waals surface area contributed by atoms with Gasteiger partial charge in [0.05, 0.1) is 5.92 Å². The summed E-state index contributed by atoms with van der Waals surface area (Å²) in [5.74, 6) is 0.949.